The van der Waals surface area contributed by atoms with Gasteiger partial charge in [0.05, 0.1) is 11.5 Å². The second kappa shape index (κ2) is 5.63. The van der Waals surface area contributed by atoms with Gasteiger partial charge in [-0.1, -0.05) is 6.08 Å². The molecule has 0 amide bonds. The number of sulfone groups is 1. The molecule has 1 heterocycles. The summed E-state index contributed by atoms with van der Waals surface area (Å²) in [5, 5.41) is 3.20. The lowest BCUT2D eigenvalue weighted by Gasteiger charge is -2.22. The van der Waals surface area contributed by atoms with Crippen molar-refractivity contribution in [3.8, 4) is 0 Å². The molecular weight excluding hydrogens is 212 g/mol. The van der Waals surface area contributed by atoms with Crippen LogP contribution in [-0.2, 0) is 9.84 Å². The highest BCUT2D eigenvalue weighted by Gasteiger charge is 2.30. The summed E-state index contributed by atoms with van der Waals surface area (Å²) in [6.07, 6.45) is 2.60. The number of hydrogen-bond donors (Lipinski definition) is 1. The van der Waals surface area contributed by atoms with Crippen LogP contribution < -0.4 is 5.32 Å². The second-order valence-electron chi connectivity index (χ2n) is 4.03. The van der Waals surface area contributed by atoms with E-state index in [2.05, 4.69) is 16.8 Å². The maximum atomic E-state index is 11.3. The Morgan fingerprint density at radius 1 is 1.60 bits per heavy atom. The molecule has 1 rings (SSSR count). The van der Waals surface area contributed by atoms with Crippen LogP contribution in [0.1, 0.15) is 6.42 Å². The lowest BCUT2D eigenvalue weighted by Crippen LogP contribution is -2.37. The van der Waals surface area contributed by atoms with Gasteiger partial charge in [0.1, 0.15) is 0 Å². The third-order valence-corrected chi connectivity index (χ3v) is 4.51. The van der Waals surface area contributed by atoms with E-state index in [-0.39, 0.29) is 6.04 Å². The van der Waals surface area contributed by atoms with Crippen LogP contribution in [-0.4, -0.2) is 57.5 Å². The third kappa shape index (κ3) is 4.32. The van der Waals surface area contributed by atoms with E-state index in [4.69, 9.17) is 0 Å². The third-order valence-electron chi connectivity index (χ3n) is 2.76. The van der Waals surface area contributed by atoms with E-state index in [0.29, 0.717) is 11.5 Å². The van der Waals surface area contributed by atoms with Gasteiger partial charge >= 0.3 is 0 Å². The lowest BCUT2D eigenvalue weighted by atomic mass is 10.2. The van der Waals surface area contributed by atoms with E-state index in [9.17, 15) is 8.42 Å². The Bertz CT molecular complexity index is 301. The van der Waals surface area contributed by atoms with Gasteiger partial charge in [-0.25, -0.2) is 8.42 Å². The molecule has 1 unspecified atom stereocenters. The molecule has 0 aliphatic carbocycles. The van der Waals surface area contributed by atoms with Crippen LogP contribution in [0.15, 0.2) is 12.7 Å². The van der Waals surface area contributed by atoms with Crippen molar-refractivity contribution in [2.24, 2.45) is 0 Å². The molecule has 1 aliphatic heterocycles. The van der Waals surface area contributed by atoms with Crippen LogP contribution >= 0.6 is 0 Å². The summed E-state index contributed by atoms with van der Waals surface area (Å²) in [5.74, 6) is 0.674. The summed E-state index contributed by atoms with van der Waals surface area (Å²) in [4.78, 5) is 2.13. The van der Waals surface area contributed by atoms with Gasteiger partial charge in [-0.3, -0.25) is 0 Å². The quantitative estimate of drug-likeness (QED) is 0.512. The van der Waals surface area contributed by atoms with Crippen molar-refractivity contribution >= 4 is 9.84 Å². The Kier molecular flexibility index (Phi) is 4.76. The highest BCUT2D eigenvalue weighted by molar-refractivity contribution is 7.91. The standard InChI is InChI=1S/C10H20N2O2S/c1-3-5-11-6-7-12(2)10-4-8-15(13,14)9-10/h3,10-11H,1,4-9H2,2H3. The van der Waals surface area contributed by atoms with E-state index in [1.807, 2.05) is 13.1 Å². The van der Waals surface area contributed by atoms with Crippen molar-refractivity contribution in [3.63, 3.8) is 0 Å². The van der Waals surface area contributed by atoms with Crippen LogP contribution in [0.25, 0.3) is 0 Å². The molecule has 1 atom stereocenters. The van der Waals surface area contributed by atoms with Crippen molar-refractivity contribution in [2.45, 2.75) is 12.5 Å². The molecule has 0 aromatic rings. The number of rotatable bonds is 6. The van der Waals surface area contributed by atoms with Gasteiger partial charge in [0.2, 0.25) is 0 Å². The van der Waals surface area contributed by atoms with Crippen molar-refractivity contribution in [2.75, 3.05) is 38.2 Å². The van der Waals surface area contributed by atoms with Gasteiger partial charge in [-0.05, 0) is 13.5 Å². The van der Waals surface area contributed by atoms with Crippen LogP contribution in [0.5, 0.6) is 0 Å². The smallest absolute Gasteiger partial charge is 0.151 e. The zero-order valence-electron chi connectivity index (χ0n) is 9.28. The summed E-state index contributed by atoms with van der Waals surface area (Å²) in [6.45, 7) is 6.18. The molecule has 1 saturated heterocycles. The molecule has 0 bridgehead atoms. The highest BCUT2D eigenvalue weighted by Crippen LogP contribution is 2.15. The first-order chi connectivity index (χ1) is 7.05. The maximum absolute atomic E-state index is 11.3. The normalized spacial score (nSPS) is 24.5. The van der Waals surface area contributed by atoms with E-state index in [1.54, 1.807) is 0 Å². The molecule has 1 N–H and O–H groups in total. The number of nitrogens with zero attached hydrogens (tertiary/aromatic N) is 1. The molecule has 1 fully saturated rings. The van der Waals surface area contributed by atoms with Crippen LogP contribution in [0.2, 0.25) is 0 Å². The van der Waals surface area contributed by atoms with E-state index in [0.717, 1.165) is 26.1 Å². The predicted molar refractivity (Wildman–Crippen MR) is 62.8 cm³/mol. The largest absolute Gasteiger partial charge is 0.312 e. The molecule has 4 nitrogen and oxygen atoms in total. The van der Waals surface area contributed by atoms with Crippen LogP contribution in [0.4, 0.5) is 0 Å². The fraction of sp³-hybridized carbons (Fsp3) is 0.800. The number of hydrogen-bond acceptors (Lipinski definition) is 4. The molecule has 0 radical (unpaired) electrons. The van der Waals surface area contributed by atoms with Gasteiger partial charge < -0.3 is 10.2 Å². The average molecular weight is 232 g/mol. The van der Waals surface area contributed by atoms with Gasteiger partial charge in [0.25, 0.3) is 0 Å². The van der Waals surface area contributed by atoms with Crippen molar-refractivity contribution < 1.29 is 8.42 Å². The van der Waals surface area contributed by atoms with Gasteiger partial charge in [0, 0.05) is 25.7 Å². The fourth-order valence-corrected chi connectivity index (χ4v) is 3.57. The summed E-state index contributed by atoms with van der Waals surface area (Å²) < 4.78 is 22.5. The first kappa shape index (κ1) is 12.7. The summed E-state index contributed by atoms with van der Waals surface area (Å²) in [6, 6.07) is 0.209. The topological polar surface area (TPSA) is 49.4 Å². The van der Waals surface area contributed by atoms with Crippen molar-refractivity contribution in [1.82, 2.24) is 10.2 Å². The predicted octanol–water partition coefficient (Wildman–Crippen LogP) is -0.119. The van der Waals surface area contributed by atoms with Crippen LogP contribution in [0, 0.1) is 0 Å². The van der Waals surface area contributed by atoms with Gasteiger partial charge in [0.15, 0.2) is 9.84 Å². The first-order valence-corrected chi connectivity index (χ1v) is 7.09. The first-order valence-electron chi connectivity index (χ1n) is 5.27. The molecular formula is C10H20N2O2S. The zero-order chi connectivity index (χ0) is 11.3. The molecule has 0 spiro atoms. The SMILES string of the molecule is C=CCNCCN(C)C1CCS(=O)(=O)C1. The molecule has 88 valence electrons. The fourth-order valence-electron chi connectivity index (χ4n) is 1.77. The maximum Gasteiger partial charge on any atom is 0.151 e. The van der Waals surface area contributed by atoms with E-state index >= 15 is 0 Å². The monoisotopic (exact) mass is 232 g/mol. The minimum Gasteiger partial charge on any atom is -0.312 e. The van der Waals surface area contributed by atoms with Crippen molar-refractivity contribution in [1.29, 1.82) is 0 Å². The molecule has 0 aromatic carbocycles. The zero-order valence-corrected chi connectivity index (χ0v) is 10.1. The Morgan fingerprint density at radius 3 is 2.87 bits per heavy atom. The van der Waals surface area contributed by atoms with Gasteiger partial charge in [-0.15, -0.1) is 6.58 Å². The molecule has 5 heteroatoms. The average Bonchev–Trinajstić information content (AvgIpc) is 2.53. The molecule has 15 heavy (non-hydrogen) atoms. The minimum absolute atomic E-state index is 0.209. The van der Waals surface area contributed by atoms with E-state index < -0.39 is 9.84 Å². The van der Waals surface area contributed by atoms with Gasteiger partial charge in [-0.2, -0.15) is 0 Å². The Balaban J connectivity index is 2.23. The summed E-state index contributed by atoms with van der Waals surface area (Å²) >= 11 is 0. The second-order valence-corrected chi connectivity index (χ2v) is 6.26. The molecule has 1 aliphatic rings. The van der Waals surface area contributed by atoms with Crippen molar-refractivity contribution in [3.05, 3.63) is 12.7 Å². The van der Waals surface area contributed by atoms with Crippen LogP contribution in [0.3, 0.4) is 0 Å². The number of likely N-dealkylation sites (N-methyl/N-ethyl adjacent to an activating group) is 1. The Labute approximate surface area is 92.3 Å². The summed E-state index contributed by atoms with van der Waals surface area (Å²) in [7, 11) is -0.767. The lowest BCUT2D eigenvalue weighted by molar-refractivity contribution is 0.263. The molecule has 0 saturated carbocycles. The highest BCUT2D eigenvalue weighted by atomic mass is 32.2. The number of nitrogens with one attached hydrogen (secondary N) is 1. The minimum atomic E-state index is -2.75. The molecule has 0 aromatic heterocycles. The summed E-state index contributed by atoms with van der Waals surface area (Å²) in [5.41, 5.74) is 0. The van der Waals surface area contributed by atoms with E-state index in [1.165, 1.54) is 0 Å². The Hall–Kier alpha value is -0.390. The Morgan fingerprint density at radius 2 is 2.33 bits per heavy atom.